The Morgan fingerprint density at radius 3 is 1.86 bits per heavy atom. The monoisotopic (exact) mass is 105 g/mol. The van der Waals surface area contributed by atoms with Crippen LogP contribution in [-0.2, 0) is 0 Å². The van der Waals surface area contributed by atoms with Crippen molar-refractivity contribution in [2.24, 2.45) is 5.92 Å². The quantitative estimate of drug-likeness (QED) is 0.413. The smallest absolute Gasteiger partial charge is 0.156 e. The maximum Gasteiger partial charge on any atom is 0.156 e. The minimum absolute atomic E-state index is 0.556. The third-order valence-corrected chi connectivity index (χ3v) is 0.705. The van der Waals surface area contributed by atoms with Gasteiger partial charge in [-0.2, -0.15) is 0 Å². The first kappa shape index (κ1) is 6.88. The Labute approximate surface area is 42.2 Å². The van der Waals surface area contributed by atoms with Crippen LogP contribution in [0.5, 0.6) is 0 Å². The SMILES string of the molecule is CC([CH]O)C(O)O. The molecule has 1 radical (unpaired) electrons. The number of rotatable bonds is 2. The van der Waals surface area contributed by atoms with Gasteiger partial charge in [0.2, 0.25) is 0 Å². The van der Waals surface area contributed by atoms with E-state index < -0.39 is 12.2 Å². The summed E-state index contributed by atoms with van der Waals surface area (Å²) in [5.41, 5.74) is 0. The van der Waals surface area contributed by atoms with Gasteiger partial charge in [0, 0.05) is 5.92 Å². The predicted molar refractivity (Wildman–Crippen MR) is 23.6 cm³/mol. The van der Waals surface area contributed by atoms with Crippen LogP contribution in [0.25, 0.3) is 0 Å². The lowest BCUT2D eigenvalue weighted by Crippen LogP contribution is -2.16. The Kier molecular flexibility index (Phi) is 2.91. The maximum absolute atomic E-state index is 8.19. The van der Waals surface area contributed by atoms with E-state index >= 15 is 0 Å². The summed E-state index contributed by atoms with van der Waals surface area (Å²) in [5.74, 6) is -0.556. The van der Waals surface area contributed by atoms with Crippen molar-refractivity contribution in [1.82, 2.24) is 0 Å². The summed E-state index contributed by atoms with van der Waals surface area (Å²) in [6.07, 6.45) is -1.44. The molecule has 0 aliphatic heterocycles. The first-order valence-electron chi connectivity index (χ1n) is 2.02. The molecule has 0 fully saturated rings. The van der Waals surface area contributed by atoms with Crippen LogP contribution in [0, 0.1) is 12.5 Å². The predicted octanol–water partition coefficient (Wildman–Crippen LogP) is -0.533. The molecule has 0 saturated carbocycles. The minimum Gasteiger partial charge on any atom is -0.390 e. The molecule has 0 aliphatic rings. The molecule has 1 unspecified atom stereocenters. The highest BCUT2D eigenvalue weighted by atomic mass is 16.5. The van der Waals surface area contributed by atoms with Crippen molar-refractivity contribution >= 4 is 0 Å². The molecule has 0 bridgehead atoms. The summed E-state index contributed by atoms with van der Waals surface area (Å²) in [5, 5.41) is 24.4. The minimum atomic E-state index is -1.44. The lowest BCUT2D eigenvalue weighted by molar-refractivity contribution is -0.0785. The summed E-state index contributed by atoms with van der Waals surface area (Å²) in [6, 6.07) is 0. The first-order valence-corrected chi connectivity index (χ1v) is 2.02. The molecule has 0 aromatic rings. The summed E-state index contributed by atoms with van der Waals surface area (Å²) in [7, 11) is 0. The molecule has 3 heteroatoms. The van der Waals surface area contributed by atoms with Crippen LogP contribution in [-0.4, -0.2) is 21.6 Å². The second-order valence-corrected chi connectivity index (χ2v) is 1.42. The molecule has 1 atom stereocenters. The van der Waals surface area contributed by atoms with Gasteiger partial charge in [-0.15, -0.1) is 0 Å². The van der Waals surface area contributed by atoms with Crippen LogP contribution in [0.4, 0.5) is 0 Å². The third kappa shape index (κ3) is 2.56. The molecule has 3 N–H and O–H groups in total. The number of aliphatic hydroxyl groups excluding tert-OH is 2. The van der Waals surface area contributed by atoms with Crippen molar-refractivity contribution in [3.8, 4) is 0 Å². The van der Waals surface area contributed by atoms with E-state index in [4.69, 9.17) is 15.3 Å². The Morgan fingerprint density at radius 1 is 1.43 bits per heavy atom. The third-order valence-electron chi connectivity index (χ3n) is 0.705. The first-order chi connectivity index (χ1) is 3.18. The van der Waals surface area contributed by atoms with Crippen LogP contribution >= 0.6 is 0 Å². The fraction of sp³-hybridized carbons (Fsp3) is 0.750. The maximum atomic E-state index is 8.19. The van der Waals surface area contributed by atoms with Gasteiger partial charge in [-0.3, -0.25) is 0 Å². The standard InChI is InChI=1S/C4H9O3/c1-3(2-5)4(6)7/h2-7H,1H3. The Balaban J connectivity index is 3.14. The summed E-state index contributed by atoms with van der Waals surface area (Å²) < 4.78 is 0. The zero-order valence-corrected chi connectivity index (χ0v) is 4.07. The van der Waals surface area contributed by atoms with Gasteiger partial charge < -0.3 is 15.3 Å². The van der Waals surface area contributed by atoms with Gasteiger partial charge in [0.05, 0.1) is 6.61 Å². The van der Waals surface area contributed by atoms with Crippen LogP contribution in [0.2, 0.25) is 0 Å². The van der Waals surface area contributed by atoms with E-state index in [1.54, 1.807) is 0 Å². The average molecular weight is 105 g/mol. The molecule has 0 saturated heterocycles. The molecule has 7 heavy (non-hydrogen) atoms. The van der Waals surface area contributed by atoms with Crippen molar-refractivity contribution in [2.75, 3.05) is 0 Å². The molecule has 0 spiro atoms. The fourth-order valence-corrected chi connectivity index (χ4v) is 0.0770. The van der Waals surface area contributed by atoms with Crippen molar-refractivity contribution < 1.29 is 15.3 Å². The van der Waals surface area contributed by atoms with E-state index in [9.17, 15) is 0 Å². The number of aliphatic hydroxyl groups is 3. The van der Waals surface area contributed by atoms with Gasteiger partial charge in [-0.1, -0.05) is 6.92 Å². The van der Waals surface area contributed by atoms with Gasteiger partial charge in [0.15, 0.2) is 6.29 Å². The van der Waals surface area contributed by atoms with E-state index in [1.165, 1.54) is 6.92 Å². The molecule has 0 rings (SSSR count). The van der Waals surface area contributed by atoms with E-state index in [2.05, 4.69) is 0 Å². The molecule has 0 aromatic carbocycles. The molecule has 0 aromatic heterocycles. The van der Waals surface area contributed by atoms with Crippen LogP contribution < -0.4 is 0 Å². The van der Waals surface area contributed by atoms with Crippen LogP contribution in [0.3, 0.4) is 0 Å². The molecular weight excluding hydrogens is 96.0 g/mol. The largest absolute Gasteiger partial charge is 0.390 e. The zero-order chi connectivity index (χ0) is 5.86. The van der Waals surface area contributed by atoms with Crippen molar-refractivity contribution in [1.29, 1.82) is 0 Å². The number of hydrogen-bond donors (Lipinski definition) is 3. The molecule has 43 valence electrons. The zero-order valence-electron chi connectivity index (χ0n) is 4.07. The summed E-state index contributed by atoms with van der Waals surface area (Å²) >= 11 is 0. The highest BCUT2D eigenvalue weighted by Crippen LogP contribution is 1.99. The van der Waals surface area contributed by atoms with Gasteiger partial charge in [-0.05, 0) is 0 Å². The topological polar surface area (TPSA) is 60.7 Å². The summed E-state index contributed by atoms with van der Waals surface area (Å²) in [4.78, 5) is 0. The van der Waals surface area contributed by atoms with Gasteiger partial charge in [-0.25, -0.2) is 0 Å². The molecule has 0 heterocycles. The van der Waals surface area contributed by atoms with Crippen LogP contribution in [0.1, 0.15) is 6.92 Å². The lowest BCUT2D eigenvalue weighted by atomic mass is 10.2. The second-order valence-electron chi connectivity index (χ2n) is 1.42. The fourth-order valence-electron chi connectivity index (χ4n) is 0.0770. The average Bonchev–Trinajstić information content (AvgIpc) is 1.65. The van der Waals surface area contributed by atoms with Gasteiger partial charge >= 0.3 is 0 Å². The number of hydrogen-bond acceptors (Lipinski definition) is 3. The van der Waals surface area contributed by atoms with E-state index in [0.717, 1.165) is 6.61 Å². The lowest BCUT2D eigenvalue weighted by Gasteiger charge is -2.06. The second kappa shape index (κ2) is 2.96. The highest BCUT2D eigenvalue weighted by molar-refractivity contribution is 4.59. The van der Waals surface area contributed by atoms with Crippen molar-refractivity contribution in [2.45, 2.75) is 13.2 Å². The van der Waals surface area contributed by atoms with Gasteiger partial charge in [0.1, 0.15) is 0 Å². The highest BCUT2D eigenvalue weighted by Gasteiger charge is 2.07. The molecule has 3 nitrogen and oxygen atoms in total. The Morgan fingerprint density at radius 2 is 1.86 bits per heavy atom. The van der Waals surface area contributed by atoms with E-state index in [-0.39, 0.29) is 0 Å². The van der Waals surface area contributed by atoms with E-state index in [1.807, 2.05) is 0 Å². The molecular formula is C4H9O3. The molecule has 0 amide bonds. The Hall–Kier alpha value is -0.120. The van der Waals surface area contributed by atoms with Gasteiger partial charge in [0.25, 0.3) is 0 Å². The van der Waals surface area contributed by atoms with Crippen molar-refractivity contribution in [3.63, 3.8) is 0 Å². The van der Waals surface area contributed by atoms with E-state index in [0.29, 0.717) is 0 Å². The Bertz CT molecular complexity index is 44.2. The summed E-state index contributed by atoms with van der Waals surface area (Å²) in [6.45, 7) is 2.23. The normalized spacial score (nSPS) is 15.0. The van der Waals surface area contributed by atoms with Crippen LogP contribution in [0.15, 0.2) is 0 Å². The van der Waals surface area contributed by atoms with Crippen molar-refractivity contribution in [3.05, 3.63) is 6.61 Å². The molecule has 0 aliphatic carbocycles.